The van der Waals surface area contributed by atoms with Gasteiger partial charge < -0.3 is 10.3 Å². The molecule has 0 saturated carbocycles. The Morgan fingerprint density at radius 2 is 1.88 bits per heavy atom. The maximum absolute atomic E-state index is 5.92. The van der Waals surface area contributed by atoms with Crippen molar-refractivity contribution in [1.82, 2.24) is 4.57 Å². The third-order valence-electron chi connectivity index (χ3n) is 2.80. The van der Waals surface area contributed by atoms with Crippen LogP contribution in [0, 0.1) is 6.92 Å². The van der Waals surface area contributed by atoms with Crippen molar-refractivity contribution in [2.75, 3.05) is 0 Å². The number of aryl methyl sites for hydroxylation is 1. The van der Waals surface area contributed by atoms with Crippen molar-refractivity contribution >= 4 is 0 Å². The van der Waals surface area contributed by atoms with E-state index in [9.17, 15) is 0 Å². The SMILES string of the molecule is Cc1ccc(Cn2cccc2C(C)N)cc1. The summed E-state index contributed by atoms with van der Waals surface area (Å²) < 4.78 is 2.20. The van der Waals surface area contributed by atoms with Crippen LogP contribution in [0.4, 0.5) is 0 Å². The first-order valence-electron chi connectivity index (χ1n) is 5.63. The average molecular weight is 214 g/mol. The van der Waals surface area contributed by atoms with Gasteiger partial charge in [0.1, 0.15) is 0 Å². The monoisotopic (exact) mass is 214 g/mol. The van der Waals surface area contributed by atoms with Crippen LogP contribution in [0.5, 0.6) is 0 Å². The molecule has 2 nitrogen and oxygen atoms in total. The minimum Gasteiger partial charge on any atom is -0.346 e. The van der Waals surface area contributed by atoms with E-state index in [1.807, 2.05) is 13.0 Å². The molecule has 84 valence electrons. The Hall–Kier alpha value is -1.54. The summed E-state index contributed by atoms with van der Waals surface area (Å²) in [6, 6.07) is 12.8. The molecular formula is C14H18N2. The molecule has 2 N–H and O–H groups in total. The Balaban J connectivity index is 2.20. The zero-order valence-corrected chi connectivity index (χ0v) is 9.85. The van der Waals surface area contributed by atoms with Gasteiger partial charge in [0.05, 0.1) is 0 Å². The summed E-state index contributed by atoms with van der Waals surface area (Å²) in [5.74, 6) is 0. The molecule has 0 aliphatic heterocycles. The predicted octanol–water partition coefficient (Wildman–Crippen LogP) is 2.86. The van der Waals surface area contributed by atoms with Crippen molar-refractivity contribution in [3.05, 3.63) is 59.4 Å². The number of rotatable bonds is 3. The topological polar surface area (TPSA) is 30.9 Å². The molecule has 2 aromatic rings. The number of hydrogen-bond donors (Lipinski definition) is 1. The van der Waals surface area contributed by atoms with E-state index in [1.165, 1.54) is 16.8 Å². The summed E-state index contributed by atoms with van der Waals surface area (Å²) in [7, 11) is 0. The molecule has 0 spiro atoms. The second kappa shape index (κ2) is 4.54. The number of nitrogens with zero attached hydrogens (tertiary/aromatic N) is 1. The van der Waals surface area contributed by atoms with Crippen LogP contribution in [0.1, 0.15) is 29.8 Å². The van der Waals surface area contributed by atoms with E-state index in [1.54, 1.807) is 0 Å². The van der Waals surface area contributed by atoms with Crippen molar-refractivity contribution in [1.29, 1.82) is 0 Å². The smallest absolute Gasteiger partial charge is 0.0473 e. The fraction of sp³-hybridized carbons (Fsp3) is 0.286. The van der Waals surface area contributed by atoms with E-state index < -0.39 is 0 Å². The summed E-state index contributed by atoms with van der Waals surface area (Å²) >= 11 is 0. The first-order valence-corrected chi connectivity index (χ1v) is 5.63. The summed E-state index contributed by atoms with van der Waals surface area (Å²) in [5.41, 5.74) is 9.70. The molecule has 2 rings (SSSR count). The third-order valence-corrected chi connectivity index (χ3v) is 2.80. The number of benzene rings is 1. The van der Waals surface area contributed by atoms with E-state index in [0.29, 0.717) is 0 Å². The molecule has 0 radical (unpaired) electrons. The zero-order valence-electron chi connectivity index (χ0n) is 9.85. The highest BCUT2D eigenvalue weighted by Crippen LogP contribution is 2.13. The fourth-order valence-electron chi connectivity index (χ4n) is 1.87. The molecule has 1 heterocycles. The maximum atomic E-state index is 5.92. The maximum Gasteiger partial charge on any atom is 0.0473 e. The Bertz CT molecular complexity index is 452. The molecule has 1 unspecified atom stereocenters. The minimum absolute atomic E-state index is 0.0837. The molecule has 16 heavy (non-hydrogen) atoms. The molecule has 0 amide bonds. The molecule has 0 aliphatic carbocycles. The Labute approximate surface area is 96.7 Å². The lowest BCUT2D eigenvalue weighted by Crippen LogP contribution is -2.12. The molecule has 1 aromatic carbocycles. The van der Waals surface area contributed by atoms with Crippen molar-refractivity contribution in [2.45, 2.75) is 26.4 Å². The van der Waals surface area contributed by atoms with Gasteiger partial charge in [-0.2, -0.15) is 0 Å². The van der Waals surface area contributed by atoms with Crippen LogP contribution >= 0.6 is 0 Å². The van der Waals surface area contributed by atoms with Gasteiger partial charge in [-0.1, -0.05) is 29.8 Å². The zero-order chi connectivity index (χ0) is 11.5. The van der Waals surface area contributed by atoms with Gasteiger partial charge >= 0.3 is 0 Å². The molecule has 2 heteroatoms. The summed E-state index contributed by atoms with van der Waals surface area (Å²) in [6.07, 6.45) is 2.08. The molecular weight excluding hydrogens is 196 g/mol. The lowest BCUT2D eigenvalue weighted by atomic mass is 10.1. The van der Waals surface area contributed by atoms with Gasteiger partial charge in [0.2, 0.25) is 0 Å². The van der Waals surface area contributed by atoms with E-state index in [0.717, 1.165) is 6.54 Å². The highest BCUT2D eigenvalue weighted by molar-refractivity contribution is 5.23. The minimum atomic E-state index is 0.0837. The lowest BCUT2D eigenvalue weighted by molar-refractivity contribution is 0.675. The van der Waals surface area contributed by atoms with Crippen molar-refractivity contribution in [2.24, 2.45) is 5.73 Å². The largest absolute Gasteiger partial charge is 0.346 e. The van der Waals surface area contributed by atoms with E-state index in [2.05, 4.69) is 48.0 Å². The van der Waals surface area contributed by atoms with Gasteiger partial charge in [-0.25, -0.2) is 0 Å². The van der Waals surface area contributed by atoms with Crippen molar-refractivity contribution < 1.29 is 0 Å². The Morgan fingerprint density at radius 1 is 1.19 bits per heavy atom. The van der Waals surface area contributed by atoms with Gasteiger partial charge in [-0.3, -0.25) is 0 Å². The van der Waals surface area contributed by atoms with E-state index in [4.69, 9.17) is 5.73 Å². The highest BCUT2D eigenvalue weighted by Gasteiger charge is 2.05. The summed E-state index contributed by atoms with van der Waals surface area (Å²) in [6.45, 7) is 5.01. The normalized spacial score (nSPS) is 12.7. The molecule has 0 aliphatic rings. The van der Waals surface area contributed by atoms with Gasteiger partial charge in [-0.15, -0.1) is 0 Å². The van der Waals surface area contributed by atoms with Gasteiger partial charge in [0, 0.05) is 24.5 Å². The van der Waals surface area contributed by atoms with Crippen LogP contribution in [-0.2, 0) is 6.54 Å². The highest BCUT2D eigenvalue weighted by atomic mass is 15.0. The molecule has 0 saturated heterocycles. The summed E-state index contributed by atoms with van der Waals surface area (Å²) in [4.78, 5) is 0. The second-order valence-electron chi connectivity index (χ2n) is 4.34. The second-order valence-corrected chi connectivity index (χ2v) is 4.34. The summed E-state index contributed by atoms with van der Waals surface area (Å²) in [5, 5.41) is 0. The molecule has 0 bridgehead atoms. The fourth-order valence-corrected chi connectivity index (χ4v) is 1.87. The van der Waals surface area contributed by atoms with Crippen LogP contribution < -0.4 is 5.73 Å². The lowest BCUT2D eigenvalue weighted by Gasteiger charge is -2.12. The Kier molecular flexibility index (Phi) is 3.11. The third kappa shape index (κ3) is 2.34. The first-order chi connectivity index (χ1) is 7.66. The molecule has 1 aromatic heterocycles. The van der Waals surface area contributed by atoms with Gasteiger partial charge in [0.15, 0.2) is 0 Å². The van der Waals surface area contributed by atoms with Crippen LogP contribution in [0.25, 0.3) is 0 Å². The van der Waals surface area contributed by atoms with Crippen molar-refractivity contribution in [3.63, 3.8) is 0 Å². The molecule has 1 atom stereocenters. The molecule has 0 fully saturated rings. The van der Waals surface area contributed by atoms with Crippen LogP contribution in [0.2, 0.25) is 0 Å². The van der Waals surface area contributed by atoms with Gasteiger partial charge in [-0.05, 0) is 31.5 Å². The van der Waals surface area contributed by atoms with E-state index in [-0.39, 0.29) is 6.04 Å². The standard InChI is InChI=1S/C14H18N2/c1-11-5-7-13(8-6-11)10-16-9-3-4-14(16)12(2)15/h3-9,12H,10,15H2,1-2H3. The first kappa shape index (κ1) is 11.0. The van der Waals surface area contributed by atoms with Gasteiger partial charge in [0.25, 0.3) is 0 Å². The number of nitrogens with two attached hydrogens (primary N) is 1. The Morgan fingerprint density at radius 3 is 2.50 bits per heavy atom. The van der Waals surface area contributed by atoms with E-state index >= 15 is 0 Å². The van der Waals surface area contributed by atoms with Crippen molar-refractivity contribution in [3.8, 4) is 0 Å². The van der Waals surface area contributed by atoms with Crippen LogP contribution in [0.3, 0.4) is 0 Å². The average Bonchev–Trinajstić information content (AvgIpc) is 2.69. The predicted molar refractivity (Wildman–Crippen MR) is 67.3 cm³/mol. The van der Waals surface area contributed by atoms with Crippen LogP contribution in [-0.4, -0.2) is 4.57 Å². The quantitative estimate of drug-likeness (QED) is 0.836. The number of hydrogen-bond acceptors (Lipinski definition) is 1. The number of aromatic nitrogens is 1. The van der Waals surface area contributed by atoms with Crippen LogP contribution in [0.15, 0.2) is 42.6 Å².